The molecule has 5 heteroatoms. The molecule has 2 rings (SSSR count). The van der Waals surface area contributed by atoms with Crippen molar-refractivity contribution in [2.45, 2.75) is 24.9 Å². The Balaban J connectivity index is 2.07. The molecule has 19 heavy (non-hydrogen) atoms. The molecule has 0 aliphatic heterocycles. The summed E-state index contributed by atoms with van der Waals surface area (Å²) in [6.07, 6.45) is 2.35. The summed E-state index contributed by atoms with van der Waals surface area (Å²) >= 11 is 5.67. The van der Waals surface area contributed by atoms with E-state index >= 15 is 0 Å². The van der Waals surface area contributed by atoms with Gasteiger partial charge in [-0.25, -0.2) is 4.39 Å². The van der Waals surface area contributed by atoms with Gasteiger partial charge in [0.25, 0.3) is 0 Å². The van der Waals surface area contributed by atoms with E-state index in [9.17, 15) is 9.50 Å². The van der Waals surface area contributed by atoms with Crippen molar-refractivity contribution in [2.75, 3.05) is 20.3 Å². The standard InChI is InChI=1S/C14H19ClFNO2/c1-19-8-14(9-2-3-9)17-13(7-18)10-4-5-11(15)12(16)6-10/h4-6,9,13-14,17-18H,2-3,7-8H2,1H3. The van der Waals surface area contributed by atoms with E-state index in [4.69, 9.17) is 16.3 Å². The summed E-state index contributed by atoms with van der Waals surface area (Å²) in [6, 6.07) is 4.51. The lowest BCUT2D eigenvalue weighted by atomic mass is 10.0. The van der Waals surface area contributed by atoms with Gasteiger partial charge in [0, 0.05) is 13.2 Å². The number of halogens is 2. The Kier molecular flexibility index (Phi) is 5.16. The van der Waals surface area contributed by atoms with Crippen LogP contribution in [-0.4, -0.2) is 31.5 Å². The minimum absolute atomic E-state index is 0.0893. The third kappa shape index (κ3) is 3.89. The molecule has 3 nitrogen and oxygen atoms in total. The van der Waals surface area contributed by atoms with Crippen molar-refractivity contribution < 1.29 is 14.2 Å². The van der Waals surface area contributed by atoms with Gasteiger partial charge in [-0.3, -0.25) is 0 Å². The first kappa shape index (κ1) is 14.7. The number of benzene rings is 1. The third-order valence-electron chi connectivity index (χ3n) is 3.48. The largest absolute Gasteiger partial charge is 0.394 e. The van der Waals surface area contributed by atoms with Crippen molar-refractivity contribution in [3.05, 3.63) is 34.6 Å². The van der Waals surface area contributed by atoms with Crippen LogP contribution in [0, 0.1) is 11.7 Å². The van der Waals surface area contributed by atoms with Crippen molar-refractivity contribution in [2.24, 2.45) is 5.92 Å². The topological polar surface area (TPSA) is 41.5 Å². The molecule has 0 spiro atoms. The maximum Gasteiger partial charge on any atom is 0.142 e. The second-order valence-electron chi connectivity index (χ2n) is 4.97. The number of ether oxygens (including phenoxy) is 1. The van der Waals surface area contributed by atoms with E-state index in [1.165, 1.54) is 25.0 Å². The van der Waals surface area contributed by atoms with E-state index in [1.54, 1.807) is 13.2 Å². The molecule has 2 unspecified atom stereocenters. The SMILES string of the molecule is COCC(NC(CO)c1ccc(Cl)c(F)c1)C1CC1. The minimum atomic E-state index is -0.464. The number of methoxy groups -OCH3 is 1. The van der Waals surface area contributed by atoms with E-state index in [0.717, 1.165) is 0 Å². The average Bonchev–Trinajstić information content (AvgIpc) is 3.22. The number of hydrogen-bond acceptors (Lipinski definition) is 3. The van der Waals surface area contributed by atoms with Crippen LogP contribution in [0.3, 0.4) is 0 Å². The highest BCUT2D eigenvalue weighted by atomic mass is 35.5. The summed E-state index contributed by atoms with van der Waals surface area (Å²) in [5.41, 5.74) is 0.700. The molecule has 1 aromatic rings. The van der Waals surface area contributed by atoms with Crippen LogP contribution in [0.4, 0.5) is 4.39 Å². The predicted molar refractivity (Wildman–Crippen MR) is 72.8 cm³/mol. The molecule has 1 fully saturated rings. The molecule has 106 valence electrons. The van der Waals surface area contributed by atoms with Crippen molar-refractivity contribution in [1.82, 2.24) is 5.32 Å². The van der Waals surface area contributed by atoms with E-state index in [2.05, 4.69) is 5.32 Å². The number of aliphatic hydroxyl groups excluding tert-OH is 1. The maximum atomic E-state index is 13.5. The van der Waals surface area contributed by atoms with Gasteiger partial charge in [-0.15, -0.1) is 0 Å². The first-order chi connectivity index (χ1) is 9.15. The predicted octanol–water partition coefficient (Wildman–Crippen LogP) is 2.53. The van der Waals surface area contributed by atoms with Crippen LogP contribution < -0.4 is 5.32 Å². The van der Waals surface area contributed by atoms with Crippen LogP contribution in [0.1, 0.15) is 24.4 Å². The highest BCUT2D eigenvalue weighted by molar-refractivity contribution is 6.30. The molecule has 0 aromatic heterocycles. The van der Waals surface area contributed by atoms with Gasteiger partial charge in [-0.2, -0.15) is 0 Å². The molecule has 2 N–H and O–H groups in total. The molecule has 1 saturated carbocycles. The second kappa shape index (κ2) is 6.66. The average molecular weight is 288 g/mol. The van der Waals surface area contributed by atoms with E-state index in [1.807, 2.05) is 0 Å². The van der Waals surface area contributed by atoms with E-state index in [0.29, 0.717) is 18.1 Å². The summed E-state index contributed by atoms with van der Waals surface area (Å²) in [4.78, 5) is 0. The zero-order chi connectivity index (χ0) is 13.8. The molecule has 0 bridgehead atoms. The second-order valence-corrected chi connectivity index (χ2v) is 5.38. The van der Waals surface area contributed by atoms with Crippen LogP contribution in [-0.2, 0) is 4.74 Å². The lowest BCUT2D eigenvalue weighted by Crippen LogP contribution is -2.39. The molecule has 1 aliphatic carbocycles. The summed E-state index contributed by atoms with van der Waals surface area (Å²) in [5.74, 6) is 0.125. The number of aliphatic hydroxyl groups is 1. The fourth-order valence-electron chi connectivity index (χ4n) is 2.24. The highest BCUT2D eigenvalue weighted by Gasteiger charge is 2.32. The molecule has 1 aliphatic rings. The van der Waals surface area contributed by atoms with Gasteiger partial charge in [0.1, 0.15) is 5.82 Å². The molecule has 2 atom stereocenters. The molecule has 0 amide bonds. The maximum absolute atomic E-state index is 13.5. The van der Waals surface area contributed by atoms with Crippen molar-refractivity contribution in [3.63, 3.8) is 0 Å². The van der Waals surface area contributed by atoms with Crippen molar-refractivity contribution in [3.8, 4) is 0 Å². The van der Waals surface area contributed by atoms with Crippen LogP contribution >= 0.6 is 11.6 Å². The first-order valence-electron chi connectivity index (χ1n) is 6.46. The molecular formula is C14H19ClFNO2. The zero-order valence-electron chi connectivity index (χ0n) is 10.9. The highest BCUT2D eigenvalue weighted by Crippen LogP contribution is 2.34. The third-order valence-corrected chi connectivity index (χ3v) is 3.79. The van der Waals surface area contributed by atoms with Crippen molar-refractivity contribution >= 4 is 11.6 Å². The fourth-order valence-corrected chi connectivity index (χ4v) is 2.36. The quantitative estimate of drug-likeness (QED) is 0.810. The Morgan fingerprint density at radius 3 is 2.79 bits per heavy atom. The van der Waals surface area contributed by atoms with E-state index in [-0.39, 0.29) is 23.7 Å². The van der Waals surface area contributed by atoms with Gasteiger partial charge >= 0.3 is 0 Å². The number of rotatable bonds is 7. The van der Waals surface area contributed by atoms with Gasteiger partial charge in [-0.05, 0) is 36.5 Å². The minimum Gasteiger partial charge on any atom is -0.394 e. The monoisotopic (exact) mass is 287 g/mol. The summed E-state index contributed by atoms with van der Waals surface area (Å²) in [7, 11) is 1.66. The fraction of sp³-hybridized carbons (Fsp3) is 0.571. The molecule has 1 aromatic carbocycles. The van der Waals surface area contributed by atoms with Crippen molar-refractivity contribution in [1.29, 1.82) is 0 Å². The Morgan fingerprint density at radius 1 is 1.53 bits per heavy atom. The normalized spacial score (nSPS) is 18.3. The van der Waals surface area contributed by atoms with Crippen LogP contribution in [0.2, 0.25) is 5.02 Å². The first-order valence-corrected chi connectivity index (χ1v) is 6.84. The summed E-state index contributed by atoms with van der Waals surface area (Å²) in [6.45, 7) is 0.505. The Bertz CT molecular complexity index is 426. The van der Waals surface area contributed by atoms with Gasteiger partial charge in [0.05, 0.1) is 24.3 Å². The van der Waals surface area contributed by atoms with Crippen LogP contribution in [0.15, 0.2) is 18.2 Å². The van der Waals surface area contributed by atoms with Gasteiger partial charge in [0.2, 0.25) is 0 Å². The van der Waals surface area contributed by atoms with Gasteiger partial charge < -0.3 is 15.2 Å². The smallest absolute Gasteiger partial charge is 0.142 e. The van der Waals surface area contributed by atoms with Crippen LogP contribution in [0.5, 0.6) is 0 Å². The Labute approximate surface area is 117 Å². The lowest BCUT2D eigenvalue weighted by molar-refractivity contribution is 0.139. The molecule has 0 saturated heterocycles. The lowest BCUT2D eigenvalue weighted by Gasteiger charge is -2.24. The Morgan fingerprint density at radius 2 is 2.26 bits per heavy atom. The number of nitrogens with one attached hydrogen (secondary N) is 1. The Hall–Kier alpha value is -0.680. The van der Waals surface area contributed by atoms with E-state index < -0.39 is 5.82 Å². The zero-order valence-corrected chi connectivity index (χ0v) is 11.7. The summed E-state index contributed by atoms with van der Waals surface area (Å²) in [5, 5.41) is 12.9. The molecule has 0 radical (unpaired) electrons. The van der Waals surface area contributed by atoms with Gasteiger partial charge in [-0.1, -0.05) is 17.7 Å². The summed E-state index contributed by atoms with van der Waals surface area (Å²) < 4.78 is 18.7. The molecular weight excluding hydrogens is 269 g/mol. The number of hydrogen-bond donors (Lipinski definition) is 2. The van der Waals surface area contributed by atoms with Crippen LogP contribution in [0.25, 0.3) is 0 Å². The molecule has 0 heterocycles. The van der Waals surface area contributed by atoms with Gasteiger partial charge in [0.15, 0.2) is 0 Å².